The Morgan fingerprint density at radius 1 is 1.43 bits per heavy atom. The summed E-state index contributed by atoms with van der Waals surface area (Å²) < 4.78 is 10.3. The Labute approximate surface area is 85.0 Å². The maximum absolute atomic E-state index is 11.2. The molecule has 1 aliphatic rings. The Balaban J connectivity index is 2.33. The molecule has 1 aliphatic heterocycles. The molecule has 0 saturated carbocycles. The highest BCUT2D eigenvalue weighted by Gasteiger charge is 2.25. The zero-order chi connectivity index (χ0) is 10.6. The molecule has 1 fully saturated rings. The van der Waals surface area contributed by atoms with Crippen molar-refractivity contribution in [3.8, 4) is 0 Å². The number of hydrogen-bond acceptors (Lipinski definition) is 3. The van der Waals surface area contributed by atoms with Gasteiger partial charge in [-0.15, -0.1) is 0 Å². The third kappa shape index (κ3) is 3.64. The molecule has 0 spiro atoms. The van der Waals surface area contributed by atoms with E-state index in [4.69, 9.17) is 9.47 Å². The maximum Gasteiger partial charge on any atom is 0.246 e. The molecule has 82 valence electrons. The molecule has 2 atom stereocenters. The Kier molecular flexibility index (Phi) is 4.35. The van der Waals surface area contributed by atoms with E-state index < -0.39 is 0 Å². The molecule has 4 heteroatoms. The Bertz CT molecular complexity index is 186. The van der Waals surface area contributed by atoms with E-state index in [9.17, 15) is 4.79 Å². The van der Waals surface area contributed by atoms with Crippen LogP contribution in [0.15, 0.2) is 0 Å². The lowest BCUT2D eigenvalue weighted by molar-refractivity contribution is -0.127. The molecule has 2 unspecified atom stereocenters. The number of hydrogen-bond donors (Lipinski definition) is 1. The van der Waals surface area contributed by atoms with E-state index in [2.05, 4.69) is 5.32 Å². The lowest BCUT2D eigenvalue weighted by Gasteiger charge is -2.32. The van der Waals surface area contributed by atoms with E-state index in [0.29, 0.717) is 0 Å². The number of ether oxygens (including phenoxy) is 2. The average molecular weight is 201 g/mol. The SMILES string of the molecule is COCC(=O)NC1CC(C)OC(C)C1. The molecule has 1 N–H and O–H groups in total. The van der Waals surface area contributed by atoms with E-state index in [0.717, 1.165) is 12.8 Å². The van der Waals surface area contributed by atoms with Gasteiger partial charge in [-0.2, -0.15) is 0 Å². The average Bonchev–Trinajstić information content (AvgIpc) is 2.01. The van der Waals surface area contributed by atoms with E-state index in [-0.39, 0.29) is 30.8 Å². The van der Waals surface area contributed by atoms with Crippen molar-refractivity contribution in [2.75, 3.05) is 13.7 Å². The molecule has 1 saturated heterocycles. The molecule has 1 heterocycles. The third-order valence-electron chi connectivity index (χ3n) is 2.34. The highest BCUT2D eigenvalue weighted by Crippen LogP contribution is 2.18. The van der Waals surface area contributed by atoms with Gasteiger partial charge in [0.25, 0.3) is 0 Å². The van der Waals surface area contributed by atoms with Crippen molar-refractivity contribution in [2.24, 2.45) is 0 Å². The fourth-order valence-corrected chi connectivity index (χ4v) is 1.92. The summed E-state index contributed by atoms with van der Waals surface area (Å²) in [6, 6.07) is 0.233. The summed E-state index contributed by atoms with van der Waals surface area (Å²) in [4.78, 5) is 11.2. The van der Waals surface area contributed by atoms with E-state index in [1.54, 1.807) is 0 Å². The molecular formula is C10H19NO3. The molecule has 0 bridgehead atoms. The van der Waals surface area contributed by atoms with Crippen LogP contribution in [0.1, 0.15) is 26.7 Å². The van der Waals surface area contributed by atoms with Gasteiger partial charge in [-0.3, -0.25) is 4.79 Å². The normalized spacial score (nSPS) is 32.6. The predicted octanol–water partition coefficient (Wildman–Crippen LogP) is 0.705. The largest absolute Gasteiger partial charge is 0.375 e. The zero-order valence-electron chi connectivity index (χ0n) is 9.08. The summed E-state index contributed by atoms with van der Waals surface area (Å²) >= 11 is 0. The fraction of sp³-hybridized carbons (Fsp3) is 0.900. The summed E-state index contributed by atoms with van der Waals surface area (Å²) in [6.07, 6.45) is 2.23. The number of rotatable bonds is 3. The highest BCUT2D eigenvalue weighted by molar-refractivity contribution is 5.77. The van der Waals surface area contributed by atoms with Crippen molar-refractivity contribution < 1.29 is 14.3 Å². The first-order valence-electron chi connectivity index (χ1n) is 5.05. The van der Waals surface area contributed by atoms with Crippen molar-refractivity contribution in [2.45, 2.75) is 44.9 Å². The van der Waals surface area contributed by atoms with Crippen LogP contribution in [0.4, 0.5) is 0 Å². The lowest BCUT2D eigenvalue weighted by Crippen LogP contribution is -2.44. The summed E-state index contributed by atoms with van der Waals surface area (Å²) in [6.45, 7) is 4.20. The molecule has 0 aromatic rings. The van der Waals surface area contributed by atoms with Gasteiger partial charge in [0.2, 0.25) is 5.91 Å². The van der Waals surface area contributed by atoms with Gasteiger partial charge in [-0.1, -0.05) is 0 Å². The molecule has 4 nitrogen and oxygen atoms in total. The number of amides is 1. The van der Waals surface area contributed by atoms with Crippen LogP contribution in [0.2, 0.25) is 0 Å². The lowest BCUT2D eigenvalue weighted by atomic mass is 10.00. The van der Waals surface area contributed by atoms with Gasteiger partial charge >= 0.3 is 0 Å². The van der Waals surface area contributed by atoms with Crippen LogP contribution in [0.3, 0.4) is 0 Å². The van der Waals surface area contributed by atoms with E-state index in [1.165, 1.54) is 7.11 Å². The van der Waals surface area contributed by atoms with E-state index >= 15 is 0 Å². The minimum Gasteiger partial charge on any atom is -0.375 e. The topological polar surface area (TPSA) is 47.6 Å². The number of nitrogens with one attached hydrogen (secondary N) is 1. The van der Waals surface area contributed by atoms with Crippen molar-refractivity contribution in [3.63, 3.8) is 0 Å². The smallest absolute Gasteiger partial charge is 0.246 e. The molecule has 0 aliphatic carbocycles. The first kappa shape index (κ1) is 11.5. The van der Waals surface area contributed by atoms with Crippen LogP contribution in [-0.4, -0.2) is 37.9 Å². The molecule has 0 aromatic heterocycles. The first-order valence-corrected chi connectivity index (χ1v) is 5.05. The van der Waals surface area contributed by atoms with Gasteiger partial charge in [0.05, 0.1) is 12.2 Å². The molecule has 14 heavy (non-hydrogen) atoms. The third-order valence-corrected chi connectivity index (χ3v) is 2.34. The van der Waals surface area contributed by atoms with Gasteiger partial charge in [-0.25, -0.2) is 0 Å². The number of carbonyl (C=O) groups is 1. The molecular weight excluding hydrogens is 182 g/mol. The Morgan fingerprint density at radius 2 is 2.00 bits per heavy atom. The van der Waals surface area contributed by atoms with Crippen molar-refractivity contribution in [3.05, 3.63) is 0 Å². The van der Waals surface area contributed by atoms with Crippen molar-refractivity contribution >= 4 is 5.91 Å². The number of carbonyl (C=O) groups excluding carboxylic acids is 1. The standard InChI is InChI=1S/C10H19NO3/c1-7-4-9(5-8(2)14-7)11-10(12)6-13-3/h7-9H,4-6H2,1-3H3,(H,11,12). The van der Waals surface area contributed by atoms with Crippen LogP contribution in [0.5, 0.6) is 0 Å². The first-order chi connectivity index (χ1) is 6.61. The second-order valence-corrected chi connectivity index (χ2v) is 3.93. The summed E-state index contributed by atoms with van der Waals surface area (Å²) in [5, 5.41) is 2.94. The Hall–Kier alpha value is -0.610. The van der Waals surface area contributed by atoms with Crippen LogP contribution in [0.25, 0.3) is 0 Å². The van der Waals surface area contributed by atoms with Crippen molar-refractivity contribution in [1.82, 2.24) is 5.32 Å². The van der Waals surface area contributed by atoms with Gasteiger partial charge in [-0.05, 0) is 26.7 Å². The monoisotopic (exact) mass is 201 g/mol. The fourth-order valence-electron chi connectivity index (χ4n) is 1.92. The Morgan fingerprint density at radius 3 is 2.50 bits per heavy atom. The minimum atomic E-state index is -0.0428. The molecule has 1 rings (SSSR count). The van der Waals surface area contributed by atoms with Crippen LogP contribution in [0, 0.1) is 0 Å². The van der Waals surface area contributed by atoms with Crippen molar-refractivity contribution in [1.29, 1.82) is 0 Å². The van der Waals surface area contributed by atoms with Crippen LogP contribution in [-0.2, 0) is 14.3 Å². The molecule has 0 aromatic carbocycles. The van der Waals surface area contributed by atoms with Gasteiger partial charge in [0.15, 0.2) is 0 Å². The molecule has 0 radical (unpaired) electrons. The van der Waals surface area contributed by atoms with Gasteiger partial charge < -0.3 is 14.8 Å². The summed E-state index contributed by atoms with van der Waals surface area (Å²) in [5.41, 5.74) is 0. The summed E-state index contributed by atoms with van der Waals surface area (Å²) in [5.74, 6) is -0.0428. The van der Waals surface area contributed by atoms with Gasteiger partial charge in [0, 0.05) is 13.2 Å². The van der Waals surface area contributed by atoms with Crippen LogP contribution < -0.4 is 5.32 Å². The minimum absolute atomic E-state index is 0.0428. The van der Waals surface area contributed by atoms with Crippen LogP contribution >= 0.6 is 0 Å². The quantitative estimate of drug-likeness (QED) is 0.731. The van der Waals surface area contributed by atoms with Gasteiger partial charge in [0.1, 0.15) is 6.61 Å². The summed E-state index contributed by atoms with van der Waals surface area (Å²) in [7, 11) is 1.52. The predicted molar refractivity (Wildman–Crippen MR) is 53.0 cm³/mol. The molecule has 1 amide bonds. The maximum atomic E-state index is 11.2. The highest BCUT2D eigenvalue weighted by atomic mass is 16.5. The second kappa shape index (κ2) is 5.32. The van der Waals surface area contributed by atoms with E-state index in [1.807, 2.05) is 13.8 Å². The second-order valence-electron chi connectivity index (χ2n) is 3.93. The number of methoxy groups -OCH3 is 1. The zero-order valence-corrected chi connectivity index (χ0v) is 9.08.